The molecule has 104 valence electrons. The summed E-state index contributed by atoms with van der Waals surface area (Å²) >= 11 is 0. The summed E-state index contributed by atoms with van der Waals surface area (Å²) in [5, 5.41) is 13.9. The van der Waals surface area contributed by atoms with Crippen LogP contribution in [0.2, 0.25) is 0 Å². The molecular weight excluding hydrogens is 244 g/mol. The molecule has 2 atom stereocenters. The van der Waals surface area contributed by atoms with Crippen LogP contribution >= 0.6 is 0 Å². The maximum absolute atomic E-state index is 11.6. The van der Waals surface area contributed by atoms with E-state index in [1.165, 1.54) is 0 Å². The van der Waals surface area contributed by atoms with Gasteiger partial charge in [0.2, 0.25) is 0 Å². The fraction of sp³-hybridized carbons (Fsp3) is 0.429. The van der Waals surface area contributed by atoms with Gasteiger partial charge in [-0.1, -0.05) is 37.3 Å². The van der Waals surface area contributed by atoms with E-state index in [4.69, 9.17) is 5.11 Å². The molecule has 0 aliphatic heterocycles. The van der Waals surface area contributed by atoms with E-state index in [9.17, 15) is 9.59 Å². The Labute approximate surface area is 113 Å². The number of hydrogen-bond donors (Lipinski definition) is 3. The number of amides is 2. The van der Waals surface area contributed by atoms with Crippen LogP contribution in [-0.2, 0) is 4.79 Å². The van der Waals surface area contributed by atoms with Gasteiger partial charge in [0.05, 0.1) is 6.42 Å². The highest BCUT2D eigenvalue weighted by molar-refractivity contribution is 5.75. The number of carboxylic acid groups (broad SMARTS) is 1. The number of carbonyl (C=O) groups excluding carboxylic acids is 1. The fourth-order valence-electron chi connectivity index (χ4n) is 1.73. The first-order chi connectivity index (χ1) is 8.99. The third kappa shape index (κ3) is 5.90. The molecule has 2 amide bonds. The number of rotatable bonds is 6. The van der Waals surface area contributed by atoms with Gasteiger partial charge in [0.25, 0.3) is 0 Å². The van der Waals surface area contributed by atoms with Crippen LogP contribution in [-0.4, -0.2) is 29.7 Å². The Kier molecular flexibility index (Phi) is 5.85. The van der Waals surface area contributed by atoms with Crippen LogP contribution in [0.1, 0.15) is 31.7 Å². The molecule has 1 aromatic rings. The molecule has 0 fully saturated rings. The van der Waals surface area contributed by atoms with Gasteiger partial charge in [0, 0.05) is 12.6 Å². The molecule has 19 heavy (non-hydrogen) atoms. The van der Waals surface area contributed by atoms with Gasteiger partial charge in [-0.15, -0.1) is 0 Å². The number of carbonyl (C=O) groups is 2. The average molecular weight is 264 g/mol. The third-order valence-electron chi connectivity index (χ3n) is 2.80. The molecule has 0 bridgehead atoms. The second-order valence-electron chi connectivity index (χ2n) is 4.67. The van der Waals surface area contributed by atoms with E-state index < -0.39 is 5.97 Å². The van der Waals surface area contributed by atoms with Gasteiger partial charge in [-0.3, -0.25) is 4.79 Å². The summed E-state index contributed by atoms with van der Waals surface area (Å²) in [5.41, 5.74) is 1.15. The predicted octanol–water partition coefficient (Wildman–Crippen LogP) is 1.95. The SMILES string of the molecule is CC(CC(=O)O)NC(=O)NCC(C)c1ccccc1. The quantitative estimate of drug-likeness (QED) is 0.735. The zero-order valence-corrected chi connectivity index (χ0v) is 11.2. The van der Waals surface area contributed by atoms with Crippen molar-refractivity contribution in [1.82, 2.24) is 10.6 Å². The summed E-state index contributed by atoms with van der Waals surface area (Å²) in [5.74, 6) is -0.716. The molecule has 0 aromatic heterocycles. The van der Waals surface area contributed by atoms with E-state index >= 15 is 0 Å². The van der Waals surface area contributed by atoms with Crippen LogP contribution in [0.5, 0.6) is 0 Å². The zero-order valence-electron chi connectivity index (χ0n) is 11.2. The molecule has 5 heteroatoms. The van der Waals surface area contributed by atoms with E-state index in [1.54, 1.807) is 6.92 Å². The summed E-state index contributed by atoms with van der Waals surface area (Å²) in [6.45, 7) is 4.19. The van der Waals surface area contributed by atoms with Crippen molar-refractivity contribution >= 4 is 12.0 Å². The third-order valence-corrected chi connectivity index (χ3v) is 2.80. The Morgan fingerprint density at radius 2 is 1.84 bits per heavy atom. The van der Waals surface area contributed by atoms with Crippen LogP contribution in [0.4, 0.5) is 4.79 Å². The number of aliphatic carboxylic acids is 1. The minimum absolute atomic E-state index is 0.0817. The summed E-state index contributed by atoms with van der Waals surface area (Å²) in [6, 6.07) is 9.17. The molecule has 0 spiro atoms. The molecule has 0 saturated heterocycles. The number of hydrogen-bond acceptors (Lipinski definition) is 2. The van der Waals surface area contributed by atoms with Gasteiger partial charge in [-0.2, -0.15) is 0 Å². The Morgan fingerprint density at radius 3 is 2.42 bits per heavy atom. The van der Waals surface area contributed by atoms with Crippen molar-refractivity contribution in [2.45, 2.75) is 32.2 Å². The fourth-order valence-corrected chi connectivity index (χ4v) is 1.73. The normalized spacial score (nSPS) is 13.4. The van der Waals surface area contributed by atoms with E-state index in [2.05, 4.69) is 10.6 Å². The topological polar surface area (TPSA) is 78.4 Å². The van der Waals surface area contributed by atoms with Gasteiger partial charge < -0.3 is 15.7 Å². The average Bonchev–Trinajstić information content (AvgIpc) is 2.36. The Bertz CT molecular complexity index is 420. The first-order valence-electron chi connectivity index (χ1n) is 6.30. The highest BCUT2D eigenvalue weighted by atomic mass is 16.4. The molecule has 0 radical (unpaired) electrons. The molecule has 3 N–H and O–H groups in total. The lowest BCUT2D eigenvalue weighted by atomic mass is 10.0. The van der Waals surface area contributed by atoms with E-state index in [0.29, 0.717) is 6.54 Å². The van der Waals surface area contributed by atoms with Crippen molar-refractivity contribution in [2.24, 2.45) is 0 Å². The largest absolute Gasteiger partial charge is 0.481 e. The van der Waals surface area contributed by atoms with E-state index in [1.807, 2.05) is 37.3 Å². The van der Waals surface area contributed by atoms with Gasteiger partial charge in [-0.05, 0) is 18.4 Å². The molecule has 0 aliphatic rings. The van der Waals surface area contributed by atoms with Gasteiger partial charge >= 0.3 is 12.0 Å². The monoisotopic (exact) mass is 264 g/mol. The first-order valence-corrected chi connectivity index (χ1v) is 6.30. The molecule has 1 aromatic carbocycles. The second-order valence-corrected chi connectivity index (χ2v) is 4.67. The number of nitrogens with one attached hydrogen (secondary N) is 2. The van der Waals surface area contributed by atoms with Crippen LogP contribution < -0.4 is 10.6 Å². The van der Waals surface area contributed by atoms with Crippen molar-refractivity contribution in [1.29, 1.82) is 0 Å². The smallest absolute Gasteiger partial charge is 0.315 e. The lowest BCUT2D eigenvalue weighted by molar-refractivity contribution is -0.137. The molecule has 5 nitrogen and oxygen atoms in total. The maximum Gasteiger partial charge on any atom is 0.315 e. The number of urea groups is 1. The van der Waals surface area contributed by atoms with Gasteiger partial charge in [-0.25, -0.2) is 4.79 Å². The maximum atomic E-state index is 11.6. The van der Waals surface area contributed by atoms with Crippen LogP contribution in [0, 0.1) is 0 Å². The minimum atomic E-state index is -0.926. The Morgan fingerprint density at radius 1 is 1.21 bits per heavy atom. The van der Waals surface area contributed by atoms with Crippen molar-refractivity contribution < 1.29 is 14.7 Å². The predicted molar refractivity (Wildman–Crippen MR) is 73.1 cm³/mol. The van der Waals surface area contributed by atoms with Gasteiger partial charge in [0.15, 0.2) is 0 Å². The number of carboxylic acids is 1. The minimum Gasteiger partial charge on any atom is -0.481 e. The van der Waals surface area contributed by atoms with Crippen LogP contribution in [0.25, 0.3) is 0 Å². The Balaban J connectivity index is 2.32. The molecule has 0 saturated carbocycles. The lowest BCUT2D eigenvalue weighted by Crippen LogP contribution is -2.42. The Hall–Kier alpha value is -2.04. The molecule has 1 rings (SSSR count). The highest BCUT2D eigenvalue weighted by Gasteiger charge is 2.11. The van der Waals surface area contributed by atoms with Crippen molar-refractivity contribution in [3.63, 3.8) is 0 Å². The van der Waals surface area contributed by atoms with Crippen LogP contribution in [0.15, 0.2) is 30.3 Å². The zero-order chi connectivity index (χ0) is 14.3. The van der Waals surface area contributed by atoms with Crippen molar-refractivity contribution in [3.8, 4) is 0 Å². The van der Waals surface area contributed by atoms with Crippen LogP contribution in [0.3, 0.4) is 0 Å². The molecule has 0 aliphatic carbocycles. The van der Waals surface area contributed by atoms with Crippen molar-refractivity contribution in [3.05, 3.63) is 35.9 Å². The first kappa shape index (κ1) is 15.0. The van der Waals surface area contributed by atoms with E-state index in [-0.39, 0.29) is 24.4 Å². The molecule has 2 unspecified atom stereocenters. The molecular formula is C14H20N2O3. The lowest BCUT2D eigenvalue weighted by Gasteiger charge is -2.16. The summed E-state index contributed by atoms with van der Waals surface area (Å²) < 4.78 is 0. The van der Waals surface area contributed by atoms with E-state index in [0.717, 1.165) is 5.56 Å². The van der Waals surface area contributed by atoms with Gasteiger partial charge in [0.1, 0.15) is 0 Å². The molecule has 0 heterocycles. The summed E-state index contributed by atoms with van der Waals surface area (Å²) in [6.07, 6.45) is -0.0817. The second kappa shape index (κ2) is 7.41. The summed E-state index contributed by atoms with van der Waals surface area (Å²) in [4.78, 5) is 22.0. The standard InChI is InChI=1S/C14H20N2O3/c1-10(12-6-4-3-5-7-12)9-15-14(19)16-11(2)8-13(17)18/h3-7,10-11H,8-9H2,1-2H3,(H,17,18)(H2,15,16,19). The summed E-state index contributed by atoms with van der Waals surface area (Å²) in [7, 11) is 0. The number of benzene rings is 1. The highest BCUT2D eigenvalue weighted by Crippen LogP contribution is 2.12. The van der Waals surface area contributed by atoms with Crippen molar-refractivity contribution in [2.75, 3.05) is 6.54 Å².